The molecule has 3 aromatic heterocycles. The number of nitrogen functional groups attached to an aromatic ring is 1. The number of nitrogens with two attached hydrogens (primary N) is 1. The first-order valence-electron chi connectivity index (χ1n) is 10.4. The first-order chi connectivity index (χ1) is 16.5. The number of aromatic nitrogens is 5. The van der Waals surface area contributed by atoms with Gasteiger partial charge in [-0.15, -0.1) is 11.3 Å². The van der Waals surface area contributed by atoms with Gasteiger partial charge in [-0.05, 0) is 25.0 Å². The van der Waals surface area contributed by atoms with Crippen molar-refractivity contribution >= 4 is 50.1 Å². The molecule has 0 amide bonds. The SMILES string of the molecule is Nc1ncnc2c1nc(Sc1cc3c(cc1-c1nccs1)OCO3)n2CCS(=O)(=O)NC1CC1. The lowest BCUT2D eigenvalue weighted by Crippen LogP contribution is -2.30. The maximum atomic E-state index is 12.5. The highest BCUT2D eigenvalue weighted by atomic mass is 32.2. The van der Waals surface area contributed by atoms with Crippen molar-refractivity contribution in [3.8, 4) is 22.1 Å². The first-order valence-corrected chi connectivity index (χ1v) is 13.8. The molecule has 0 bridgehead atoms. The van der Waals surface area contributed by atoms with Crippen LogP contribution in [0, 0.1) is 0 Å². The van der Waals surface area contributed by atoms with Crippen molar-refractivity contribution in [1.82, 2.24) is 29.2 Å². The van der Waals surface area contributed by atoms with Crippen molar-refractivity contribution in [2.75, 3.05) is 18.3 Å². The summed E-state index contributed by atoms with van der Waals surface area (Å²) < 4.78 is 40.7. The molecule has 3 N–H and O–H groups in total. The van der Waals surface area contributed by atoms with Gasteiger partial charge in [0.05, 0.1) is 5.75 Å². The lowest BCUT2D eigenvalue weighted by Gasteiger charge is -2.12. The Kier molecular flexibility index (Phi) is 5.32. The van der Waals surface area contributed by atoms with Crippen LogP contribution in [0.3, 0.4) is 0 Å². The van der Waals surface area contributed by atoms with Gasteiger partial charge in [0, 0.05) is 34.6 Å². The van der Waals surface area contributed by atoms with Crippen molar-refractivity contribution in [2.24, 2.45) is 0 Å². The molecule has 11 nitrogen and oxygen atoms in total. The Labute approximate surface area is 202 Å². The van der Waals surface area contributed by atoms with E-state index in [9.17, 15) is 8.42 Å². The molecular weight excluding hydrogens is 498 g/mol. The molecular formula is C20H19N7O4S3. The van der Waals surface area contributed by atoms with E-state index in [0.29, 0.717) is 27.8 Å². The van der Waals surface area contributed by atoms with E-state index in [1.54, 1.807) is 10.8 Å². The van der Waals surface area contributed by atoms with Crippen LogP contribution in [0.15, 0.2) is 40.1 Å². The van der Waals surface area contributed by atoms with Gasteiger partial charge in [-0.3, -0.25) is 0 Å². The van der Waals surface area contributed by atoms with E-state index in [1.807, 2.05) is 17.5 Å². The number of fused-ring (bicyclic) bond motifs is 2. The minimum Gasteiger partial charge on any atom is -0.454 e. The number of hydrogen-bond acceptors (Lipinski definition) is 11. The highest BCUT2D eigenvalue weighted by Crippen LogP contribution is 2.45. The number of thiazole rings is 1. The van der Waals surface area contributed by atoms with Crippen LogP contribution in [0.25, 0.3) is 21.7 Å². The minimum atomic E-state index is -3.44. The molecule has 6 rings (SSSR count). The smallest absolute Gasteiger partial charge is 0.231 e. The Morgan fingerprint density at radius 1 is 1.21 bits per heavy atom. The second-order valence-corrected chi connectivity index (χ2v) is 11.6. The van der Waals surface area contributed by atoms with Crippen molar-refractivity contribution in [1.29, 1.82) is 0 Å². The fourth-order valence-corrected chi connectivity index (χ4v) is 6.64. The van der Waals surface area contributed by atoms with Crippen LogP contribution in [0.1, 0.15) is 12.8 Å². The number of nitrogens with one attached hydrogen (secondary N) is 1. The van der Waals surface area contributed by atoms with Crippen molar-refractivity contribution < 1.29 is 17.9 Å². The average Bonchev–Trinajstić information content (AvgIpc) is 3.21. The molecule has 0 atom stereocenters. The number of imidazole rings is 1. The van der Waals surface area contributed by atoms with Crippen LogP contribution in [0.5, 0.6) is 11.5 Å². The van der Waals surface area contributed by atoms with Gasteiger partial charge in [-0.1, -0.05) is 11.8 Å². The lowest BCUT2D eigenvalue weighted by molar-refractivity contribution is 0.174. The predicted molar refractivity (Wildman–Crippen MR) is 127 cm³/mol. The summed E-state index contributed by atoms with van der Waals surface area (Å²) in [5, 5.41) is 3.26. The van der Waals surface area contributed by atoms with E-state index < -0.39 is 10.0 Å². The number of sulfonamides is 1. The maximum Gasteiger partial charge on any atom is 0.231 e. The quantitative estimate of drug-likeness (QED) is 0.357. The van der Waals surface area contributed by atoms with E-state index in [-0.39, 0.29) is 31.0 Å². The molecule has 14 heteroatoms. The van der Waals surface area contributed by atoms with Gasteiger partial charge in [-0.25, -0.2) is 33.1 Å². The number of benzene rings is 1. The van der Waals surface area contributed by atoms with Crippen LogP contribution in [0.2, 0.25) is 0 Å². The zero-order chi connectivity index (χ0) is 23.3. The molecule has 0 unspecified atom stereocenters. The number of hydrogen-bond donors (Lipinski definition) is 2. The highest BCUT2D eigenvalue weighted by Gasteiger charge is 2.28. The zero-order valence-electron chi connectivity index (χ0n) is 17.7. The van der Waals surface area contributed by atoms with Crippen molar-refractivity contribution in [3.63, 3.8) is 0 Å². The van der Waals surface area contributed by atoms with Crippen molar-refractivity contribution in [3.05, 3.63) is 30.0 Å². The third-order valence-corrected chi connectivity index (χ3v) is 8.64. The third kappa shape index (κ3) is 4.17. The number of rotatable bonds is 8. The molecule has 1 aliphatic heterocycles. The number of aryl methyl sites for hydroxylation is 1. The van der Waals surface area contributed by atoms with E-state index in [2.05, 4.69) is 24.7 Å². The number of anilines is 1. The first kappa shape index (κ1) is 21.6. The van der Waals surface area contributed by atoms with Crippen LogP contribution < -0.4 is 19.9 Å². The van der Waals surface area contributed by atoms with Gasteiger partial charge in [0.2, 0.25) is 16.8 Å². The molecule has 4 heterocycles. The molecule has 1 aliphatic carbocycles. The third-order valence-electron chi connectivity index (χ3n) is 5.37. The molecule has 2 aliphatic rings. The summed E-state index contributed by atoms with van der Waals surface area (Å²) in [5.74, 6) is 1.40. The van der Waals surface area contributed by atoms with Crippen LogP contribution in [-0.4, -0.2) is 51.5 Å². The summed E-state index contributed by atoms with van der Waals surface area (Å²) in [7, 11) is -3.44. The van der Waals surface area contributed by atoms with E-state index in [1.165, 1.54) is 29.4 Å². The summed E-state index contributed by atoms with van der Waals surface area (Å²) >= 11 is 2.87. The molecule has 1 fully saturated rings. The van der Waals surface area contributed by atoms with Gasteiger partial charge in [-0.2, -0.15) is 0 Å². The second kappa shape index (κ2) is 8.37. The van der Waals surface area contributed by atoms with Crippen molar-refractivity contribution in [2.45, 2.75) is 35.5 Å². The van der Waals surface area contributed by atoms with Gasteiger partial charge >= 0.3 is 0 Å². The molecule has 4 aromatic rings. The van der Waals surface area contributed by atoms with E-state index in [0.717, 1.165) is 28.3 Å². The Bertz CT molecular complexity index is 1480. The standard InChI is InChI=1S/C20H19N7O4S3/c21-17-16-18(24-9-23-17)27(4-6-34(28,29)26-11-1-2-11)20(25-16)33-15-8-14-13(30-10-31-14)7-12(15)19-22-3-5-32-19/h3,5,7-9,11,26H,1-2,4,6,10H2,(H2,21,23,24). The summed E-state index contributed by atoms with van der Waals surface area (Å²) in [6, 6.07) is 3.83. The minimum absolute atomic E-state index is 0.0471. The van der Waals surface area contributed by atoms with Crippen LogP contribution in [-0.2, 0) is 16.6 Å². The summed E-state index contributed by atoms with van der Waals surface area (Å²) in [6.07, 6.45) is 4.84. The number of ether oxygens (including phenoxy) is 2. The number of nitrogens with zero attached hydrogens (tertiary/aromatic N) is 5. The molecule has 0 radical (unpaired) electrons. The Hall–Kier alpha value is -2.94. The second-order valence-electron chi connectivity index (χ2n) is 7.83. The molecule has 0 saturated heterocycles. The highest BCUT2D eigenvalue weighted by molar-refractivity contribution is 7.99. The van der Waals surface area contributed by atoms with Crippen LogP contribution >= 0.6 is 23.1 Å². The predicted octanol–water partition coefficient (Wildman–Crippen LogP) is 2.49. The Morgan fingerprint density at radius 2 is 2.03 bits per heavy atom. The fourth-order valence-electron chi connectivity index (χ4n) is 3.57. The van der Waals surface area contributed by atoms with E-state index in [4.69, 9.17) is 15.2 Å². The van der Waals surface area contributed by atoms with Gasteiger partial charge in [0.15, 0.2) is 33.6 Å². The molecule has 0 spiro atoms. The lowest BCUT2D eigenvalue weighted by atomic mass is 10.2. The Morgan fingerprint density at radius 3 is 2.79 bits per heavy atom. The molecule has 34 heavy (non-hydrogen) atoms. The van der Waals surface area contributed by atoms with Gasteiger partial charge in [0.25, 0.3) is 0 Å². The van der Waals surface area contributed by atoms with Crippen LogP contribution in [0.4, 0.5) is 5.82 Å². The monoisotopic (exact) mass is 517 g/mol. The average molecular weight is 518 g/mol. The largest absolute Gasteiger partial charge is 0.454 e. The molecule has 1 aromatic carbocycles. The summed E-state index contributed by atoms with van der Waals surface area (Å²) in [4.78, 5) is 18.3. The normalized spacial score (nSPS) is 15.3. The van der Waals surface area contributed by atoms with E-state index >= 15 is 0 Å². The summed E-state index contributed by atoms with van der Waals surface area (Å²) in [6.45, 7) is 0.311. The molecule has 1 saturated carbocycles. The molecule has 176 valence electrons. The fraction of sp³-hybridized carbons (Fsp3) is 0.300. The maximum absolute atomic E-state index is 12.5. The summed E-state index contributed by atoms with van der Waals surface area (Å²) in [5.41, 5.74) is 7.83. The Balaban J connectivity index is 1.40. The van der Waals surface area contributed by atoms with Gasteiger partial charge < -0.3 is 19.8 Å². The zero-order valence-corrected chi connectivity index (χ0v) is 20.1. The van der Waals surface area contributed by atoms with Gasteiger partial charge in [0.1, 0.15) is 11.3 Å². The topological polar surface area (TPSA) is 147 Å².